The third kappa shape index (κ3) is 3.51. The van der Waals surface area contributed by atoms with Crippen molar-refractivity contribution in [3.63, 3.8) is 0 Å². The highest BCUT2D eigenvalue weighted by molar-refractivity contribution is 7.10. The first-order valence-electron chi connectivity index (χ1n) is 7.57. The van der Waals surface area contributed by atoms with Crippen LogP contribution in [-0.4, -0.2) is 19.0 Å². The highest BCUT2D eigenvalue weighted by Gasteiger charge is 2.32. The van der Waals surface area contributed by atoms with E-state index in [1.165, 1.54) is 22.6 Å². The van der Waals surface area contributed by atoms with Crippen molar-refractivity contribution >= 4 is 34.5 Å². The number of hydrogen-bond acceptors (Lipinski definition) is 2. The molecule has 1 aromatic heterocycles. The van der Waals surface area contributed by atoms with Gasteiger partial charge in [-0.3, -0.25) is 4.79 Å². The second-order valence-electron chi connectivity index (χ2n) is 5.80. The van der Waals surface area contributed by atoms with E-state index in [0.717, 1.165) is 17.8 Å². The molecule has 5 heteroatoms. The average molecular weight is 336 g/mol. The van der Waals surface area contributed by atoms with Crippen LogP contribution in [0.1, 0.15) is 29.3 Å². The average Bonchev–Trinajstić information content (AvgIpc) is 3.13. The number of benzene rings is 1. The lowest BCUT2D eigenvalue weighted by Gasteiger charge is -2.20. The molecule has 1 fully saturated rings. The quantitative estimate of drug-likeness (QED) is 0.884. The van der Waals surface area contributed by atoms with Gasteiger partial charge in [0.15, 0.2) is 6.54 Å². The van der Waals surface area contributed by atoms with Gasteiger partial charge in [-0.1, -0.05) is 23.7 Å². The zero-order valence-corrected chi connectivity index (χ0v) is 14.1. The fourth-order valence-electron chi connectivity index (χ4n) is 3.09. The molecule has 1 amide bonds. The first-order valence-corrected chi connectivity index (χ1v) is 8.83. The number of hydrogen-bond donors (Lipinski definition) is 2. The van der Waals surface area contributed by atoms with Crippen molar-refractivity contribution in [1.82, 2.24) is 0 Å². The van der Waals surface area contributed by atoms with E-state index >= 15 is 0 Å². The summed E-state index contributed by atoms with van der Waals surface area (Å²) >= 11 is 7.80. The highest BCUT2D eigenvalue weighted by atomic mass is 35.5. The van der Waals surface area contributed by atoms with Crippen LogP contribution in [0, 0.1) is 6.92 Å². The van der Waals surface area contributed by atoms with E-state index in [-0.39, 0.29) is 5.91 Å². The van der Waals surface area contributed by atoms with Crippen molar-refractivity contribution in [2.45, 2.75) is 25.8 Å². The van der Waals surface area contributed by atoms with Gasteiger partial charge in [0, 0.05) is 23.6 Å². The normalized spacial score (nSPS) is 21.0. The first kappa shape index (κ1) is 15.5. The molecule has 2 atom stereocenters. The summed E-state index contributed by atoms with van der Waals surface area (Å²) in [5.74, 6) is 0.0591. The number of nitrogens with one attached hydrogen (secondary N) is 2. The molecule has 22 heavy (non-hydrogen) atoms. The molecule has 1 unspecified atom stereocenters. The number of aryl methyl sites for hydroxylation is 1. The highest BCUT2D eigenvalue weighted by Crippen LogP contribution is 2.23. The van der Waals surface area contributed by atoms with E-state index in [9.17, 15) is 4.79 Å². The van der Waals surface area contributed by atoms with Crippen molar-refractivity contribution in [3.05, 3.63) is 51.2 Å². The van der Waals surface area contributed by atoms with Crippen molar-refractivity contribution in [3.8, 4) is 0 Å². The molecule has 2 N–H and O–H groups in total. The van der Waals surface area contributed by atoms with Crippen LogP contribution >= 0.6 is 22.9 Å². The number of thiophene rings is 1. The molecule has 0 aliphatic carbocycles. The van der Waals surface area contributed by atoms with Gasteiger partial charge in [-0.15, -0.1) is 11.3 Å². The van der Waals surface area contributed by atoms with E-state index in [1.54, 1.807) is 11.3 Å². The molecule has 2 aromatic rings. The van der Waals surface area contributed by atoms with Crippen LogP contribution in [0.2, 0.25) is 5.02 Å². The summed E-state index contributed by atoms with van der Waals surface area (Å²) in [6.07, 6.45) is 2.35. The molecule has 116 valence electrons. The van der Waals surface area contributed by atoms with E-state index in [1.807, 2.05) is 25.1 Å². The van der Waals surface area contributed by atoms with Crippen molar-refractivity contribution in [1.29, 1.82) is 0 Å². The van der Waals surface area contributed by atoms with Crippen LogP contribution in [0.5, 0.6) is 0 Å². The van der Waals surface area contributed by atoms with Crippen LogP contribution in [0.4, 0.5) is 5.69 Å². The van der Waals surface area contributed by atoms with Gasteiger partial charge in [0.2, 0.25) is 0 Å². The minimum Gasteiger partial charge on any atom is -0.321 e. The van der Waals surface area contributed by atoms with Gasteiger partial charge in [0.25, 0.3) is 5.91 Å². The largest absolute Gasteiger partial charge is 0.321 e. The smallest absolute Gasteiger partial charge is 0.279 e. The molecule has 1 aromatic carbocycles. The maximum atomic E-state index is 12.4. The number of carbonyl (C=O) groups is 1. The Hall–Kier alpha value is -1.36. The Morgan fingerprint density at radius 2 is 2.32 bits per heavy atom. The Kier molecular flexibility index (Phi) is 4.81. The zero-order valence-electron chi connectivity index (χ0n) is 12.6. The third-order valence-electron chi connectivity index (χ3n) is 4.23. The van der Waals surface area contributed by atoms with Crippen molar-refractivity contribution in [2.75, 3.05) is 18.4 Å². The van der Waals surface area contributed by atoms with E-state index in [2.05, 4.69) is 22.8 Å². The second kappa shape index (κ2) is 6.82. The first-order chi connectivity index (χ1) is 10.6. The maximum absolute atomic E-state index is 12.4. The van der Waals surface area contributed by atoms with Gasteiger partial charge in [-0.2, -0.15) is 0 Å². The summed E-state index contributed by atoms with van der Waals surface area (Å²) in [6.45, 7) is 3.54. The van der Waals surface area contributed by atoms with Crippen LogP contribution in [-0.2, 0) is 4.79 Å². The molecular weight excluding hydrogens is 316 g/mol. The number of halogens is 1. The fraction of sp³-hybridized carbons (Fsp3) is 0.353. The Morgan fingerprint density at radius 1 is 1.45 bits per heavy atom. The van der Waals surface area contributed by atoms with Crippen LogP contribution in [0.3, 0.4) is 0 Å². The summed E-state index contributed by atoms with van der Waals surface area (Å²) in [5.41, 5.74) is 1.84. The maximum Gasteiger partial charge on any atom is 0.279 e. The Balaban J connectivity index is 1.65. The predicted octanol–water partition coefficient (Wildman–Crippen LogP) is 3.07. The molecule has 1 aliphatic heterocycles. The molecule has 2 heterocycles. The van der Waals surface area contributed by atoms with Gasteiger partial charge < -0.3 is 10.2 Å². The lowest BCUT2D eigenvalue weighted by molar-refractivity contribution is -0.910. The van der Waals surface area contributed by atoms with Crippen molar-refractivity contribution < 1.29 is 9.69 Å². The zero-order chi connectivity index (χ0) is 15.5. The molecule has 0 radical (unpaired) electrons. The van der Waals surface area contributed by atoms with Crippen LogP contribution in [0.15, 0.2) is 35.7 Å². The van der Waals surface area contributed by atoms with Gasteiger partial charge in [0.1, 0.15) is 6.04 Å². The summed E-state index contributed by atoms with van der Waals surface area (Å²) in [5, 5.41) is 5.76. The summed E-state index contributed by atoms with van der Waals surface area (Å²) in [6, 6.07) is 10.3. The molecule has 1 aliphatic rings. The summed E-state index contributed by atoms with van der Waals surface area (Å²) in [4.78, 5) is 15.1. The summed E-state index contributed by atoms with van der Waals surface area (Å²) < 4.78 is 0. The molecule has 1 saturated heterocycles. The predicted molar refractivity (Wildman–Crippen MR) is 91.8 cm³/mol. The number of anilines is 1. The number of rotatable bonds is 4. The standard InChI is InChI=1S/C17H19ClN2OS/c1-12-6-7-13(18)10-14(12)19-17(21)11-20-8-2-4-15(20)16-5-3-9-22-16/h3,5-7,9-10,15H,2,4,8,11H2,1H3,(H,19,21)/p+1/t15-/m1/s1. The monoisotopic (exact) mass is 335 g/mol. The molecule has 0 bridgehead atoms. The number of likely N-dealkylation sites (tertiary alicyclic amines) is 1. The van der Waals surface area contributed by atoms with E-state index in [0.29, 0.717) is 17.6 Å². The SMILES string of the molecule is Cc1ccc(Cl)cc1NC(=O)C[NH+]1CCC[C@@H]1c1cccs1. The molecule has 0 saturated carbocycles. The Labute approximate surface area is 139 Å². The van der Waals surface area contributed by atoms with E-state index in [4.69, 9.17) is 11.6 Å². The lowest BCUT2D eigenvalue weighted by atomic mass is 10.2. The fourth-order valence-corrected chi connectivity index (χ4v) is 4.18. The lowest BCUT2D eigenvalue weighted by Crippen LogP contribution is -3.11. The minimum atomic E-state index is 0.0591. The van der Waals surface area contributed by atoms with Gasteiger partial charge in [0.05, 0.1) is 11.4 Å². The number of quaternary nitrogens is 1. The molecular formula is C17H20ClN2OS+. The second-order valence-corrected chi connectivity index (χ2v) is 7.22. The Bertz CT molecular complexity index is 657. The Morgan fingerprint density at radius 3 is 3.09 bits per heavy atom. The minimum absolute atomic E-state index is 0.0591. The third-order valence-corrected chi connectivity index (χ3v) is 5.45. The van der Waals surface area contributed by atoms with Gasteiger partial charge in [-0.05, 0) is 36.1 Å². The molecule has 0 spiro atoms. The number of carbonyl (C=O) groups excluding carboxylic acids is 1. The van der Waals surface area contributed by atoms with Gasteiger partial charge in [-0.25, -0.2) is 0 Å². The molecule has 3 rings (SSSR count). The van der Waals surface area contributed by atoms with Gasteiger partial charge >= 0.3 is 0 Å². The van der Waals surface area contributed by atoms with E-state index < -0.39 is 0 Å². The number of amides is 1. The topological polar surface area (TPSA) is 33.5 Å². The summed E-state index contributed by atoms with van der Waals surface area (Å²) in [7, 11) is 0. The van der Waals surface area contributed by atoms with Crippen LogP contribution in [0.25, 0.3) is 0 Å². The molecule has 3 nitrogen and oxygen atoms in total. The van der Waals surface area contributed by atoms with Crippen molar-refractivity contribution in [2.24, 2.45) is 0 Å². The van der Waals surface area contributed by atoms with Crippen LogP contribution < -0.4 is 10.2 Å².